The molecule has 8 heteroatoms. The lowest BCUT2D eigenvalue weighted by molar-refractivity contribution is 0.136. The lowest BCUT2D eigenvalue weighted by Crippen LogP contribution is -2.45. The molecule has 0 aromatic heterocycles. The number of hydrogen-bond donors (Lipinski definition) is 1. The predicted octanol–water partition coefficient (Wildman–Crippen LogP) is 2.85. The fourth-order valence-electron chi connectivity index (χ4n) is 3.22. The topological polar surface area (TPSA) is 57.3 Å². The number of piperidine rings is 1. The van der Waals surface area contributed by atoms with Gasteiger partial charge in [-0.2, -0.15) is 0 Å². The van der Waals surface area contributed by atoms with Gasteiger partial charge in [-0.15, -0.1) is 0 Å². The van der Waals surface area contributed by atoms with E-state index in [9.17, 15) is 4.79 Å². The van der Waals surface area contributed by atoms with Crippen molar-refractivity contribution in [2.45, 2.75) is 18.9 Å². The quantitative estimate of drug-likeness (QED) is 0.632. The van der Waals surface area contributed by atoms with Crippen LogP contribution in [0, 0.1) is 0 Å². The molecule has 0 unspecified atom stereocenters. The number of anilines is 1. The minimum Gasteiger partial charge on any atom is -0.487 e. The van der Waals surface area contributed by atoms with Crippen LogP contribution in [0.25, 0.3) is 0 Å². The Morgan fingerprint density at radius 3 is 2.64 bits per heavy atom. The maximum Gasteiger partial charge on any atom is 0.321 e. The summed E-state index contributed by atoms with van der Waals surface area (Å²) in [5.74, 6) is 0.464. The van der Waals surface area contributed by atoms with Crippen molar-refractivity contribution < 1.29 is 14.3 Å². The summed E-state index contributed by atoms with van der Waals surface area (Å²) in [5, 5.41) is 3.36. The van der Waals surface area contributed by atoms with Crippen molar-refractivity contribution in [2.75, 3.05) is 73.0 Å². The molecular weight excluding hydrogens is 380 g/mol. The van der Waals surface area contributed by atoms with Gasteiger partial charge in [-0.3, -0.25) is 0 Å². The lowest BCUT2D eigenvalue weighted by atomic mass is 10.0. The van der Waals surface area contributed by atoms with Gasteiger partial charge in [0.05, 0.1) is 17.3 Å². The van der Waals surface area contributed by atoms with E-state index in [0.717, 1.165) is 19.6 Å². The van der Waals surface area contributed by atoms with Gasteiger partial charge in [-0.05, 0) is 52.2 Å². The number of likely N-dealkylation sites (N-methyl/N-ethyl adjacent to an activating group) is 2. The molecule has 0 saturated carbocycles. The molecule has 0 radical (unpaired) electrons. The Balaban J connectivity index is 1.85. The smallest absolute Gasteiger partial charge is 0.321 e. The molecule has 2 amide bonds. The fraction of sp³-hybridized carbons (Fsp3) is 0.650. The number of ether oxygens (including phenoxy) is 2. The summed E-state index contributed by atoms with van der Waals surface area (Å²) in [7, 11) is 7.71. The summed E-state index contributed by atoms with van der Waals surface area (Å²) >= 11 is 6.23. The van der Waals surface area contributed by atoms with Crippen LogP contribution in [0.3, 0.4) is 0 Å². The van der Waals surface area contributed by atoms with Crippen LogP contribution in [-0.2, 0) is 4.74 Å². The first kappa shape index (κ1) is 22.7. The van der Waals surface area contributed by atoms with E-state index in [4.69, 9.17) is 21.1 Å². The van der Waals surface area contributed by atoms with E-state index < -0.39 is 0 Å². The molecule has 0 bridgehead atoms. The molecule has 1 heterocycles. The number of rotatable bonds is 9. The average Bonchev–Trinajstić information content (AvgIpc) is 2.68. The second-order valence-electron chi connectivity index (χ2n) is 7.32. The van der Waals surface area contributed by atoms with Crippen molar-refractivity contribution in [3.8, 4) is 5.75 Å². The summed E-state index contributed by atoms with van der Waals surface area (Å²) in [4.78, 5) is 19.0. The van der Waals surface area contributed by atoms with Gasteiger partial charge < -0.3 is 29.5 Å². The van der Waals surface area contributed by atoms with Crippen molar-refractivity contribution in [3.05, 3.63) is 23.2 Å². The predicted molar refractivity (Wildman–Crippen MR) is 114 cm³/mol. The third-order valence-corrected chi connectivity index (χ3v) is 5.49. The van der Waals surface area contributed by atoms with Crippen molar-refractivity contribution in [1.82, 2.24) is 14.7 Å². The second kappa shape index (κ2) is 11.5. The SMILES string of the molecule is COCCOc1c(Cl)cccc1NC(=O)N(C)CCN(C)C1CCN(C)CC1. The zero-order valence-electron chi connectivity index (χ0n) is 17.4. The van der Waals surface area contributed by atoms with E-state index >= 15 is 0 Å². The molecule has 158 valence electrons. The highest BCUT2D eigenvalue weighted by molar-refractivity contribution is 6.32. The Hall–Kier alpha value is -1.54. The standard InChI is InChI=1S/C20H33ClN4O3/c1-23-10-8-16(9-11-23)24(2)12-13-25(3)20(26)22-18-7-5-6-17(21)19(18)28-15-14-27-4/h5-7,16H,8-15H2,1-4H3,(H,22,26). The number of amides is 2. The number of likely N-dealkylation sites (tertiary alicyclic amines) is 1. The first-order valence-corrected chi connectivity index (χ1v) is 10.1. The van der Waals surface area contributed by atoms with E-state index in [0.29, 0.717) is 42.3 Å². The summed E-state index contributed by atoms with van der Waals surface area (Å²) in [6, 6.07) is 5.70. The van der Waals surface area contributed by atoms with E-state index in [1.807, 2.05) is 0 Å². The van der Waals surface area contributed by atoms with Crippen molar-refractivity contribution >= 4 is 23.3 Å². The molecule has 1 aliphatic rings. The van der Waals surface area contributed by atoms with E-state index in [2.05, 4.69) is 29.2 Å². The molecule has 28 heavy (non-hydrogen) atoms. The van der Waals surface area contributed by atoms with Gasteiger partial charge in [0.1, 0.15) is 6.61 Å². The minimum atomic E-state index is -0.185. The third-order valence-electron chi connectivity index (χ3n) is 5.19. The molecule has 1 aromatic rings. The van der Waals surface area contributed by atoms with E-state index in [-0.39, 0.29) is 6.03 Å². The van der Waals surface area contributed by atoms with Crippen molar-refractivity contribution in [2.24, 2.45) is 0 Å². The zero-order chi connectivity index (χ0) is 20.5. The van der Waals surface area contributed by atoms with Crippen molar-refractivity contribution in [3.63, 3.8) is 0 Å². The van der Waals surface area contributed by atoms with Crippen LogP contribution in [0.1, 0.15) is 12.8 Å². The Kier molecular flexibility index (Phi) is 9.31. The van der Waals surface area contributed by atoms with E-state index in [1.54, 1.807) is 37.3 Å². The molecule has 2 rings (SSSR count). The van der Waals surface area contributed by atoms with Gasteiger partial charge in [0.2, 0.25) is 0 Å². The lowest BCUT2D eigenvalue weighted by Gasteiger charge is -2.35. The number of benzene rings is 1. The molecule has 1 aliphatic heterocycles. The summed E-state index contributed by atoms with van der Waals surface area (Å²) in [6.45, 7) is 4.56. The number of hydrogen-bond acceptors (Lipinski definition) is 5. The first-order chi connectivity index (χ1) is 13.4. The second-order valence-corrected chi connectivity index (χ2v) is 7.73. The van der Waals surface area contributed by atoms with Crippen LogP contribution in [0.15, 0.2) is 18.2 Å². The number of carbonyl (C=O) groups excluding carboxylic acids is 1. The van der Waals surface area contributed by atoms with Crippen LogP contribution >= 0.6 is 11.6 Å². The molecule has 1 fully saturated rings. The molecule has 1 N–H and O–H groups in total. The largest absolute Gasteiger partial charge is 0.487 e. The average molecular weight is 413 g/mol. The molecule has 0 aliphatic carbocycles. The molecule has 1 aromatic carbocycles. The number of methoxy groups -OCH3 is 1. The van der Waals surface area contributed by atoms with Gasteiger partial charge >= 0.3 is 6.03 Å². The highest BCUT2D eigenvalue weighted by Gasteiger charge is 2.21. The van der Waals surface area contributed by atoms with Crippen LogP contribution in [0.5, 0.6) is 5.75 Å². The minimum absolute atomic E-state index is 0.185. The molecule has 1 saturated heterocycles. The monoisotopic (exact) mass is 412 g/mol. The molecule has 0 spiro atoms. The number of halogens is 1. The number of urea groups is 1. The van der Waals surface area contributed by atoms with Gasteiger partial charge in [-0.25, -0.2) is 4.79 Å². The van der Waals surface area contributed by atoms with Gasteiger partial charge in [0, 0.05) is 33.3 Å². The highest BCUT2D eigenvalue weighted by atomic mass is 35.5. The number of nitrogens with one attached hydrogen (secondary N) is 1. The zero-order valence-corrected chi connectivity index (χ0v) is 18.2. The molecule has 0 atom stereocenters. The normalized spacial score (nSPS) is 15.6. The Morgan fingerprint density at radius 2 is 1.96 bits per heavy atom. The number of nitrogens with zero attached hydrogens (tertiary/aromatic N) is 3. The first-order valence-electron chi connectivity index (χ1n) is 9.73. The van der Waals surface area contributed by atoms with E-state index in [1.165, 1.54) is 12.8 Å². The third kappa shape index (κ3) is 6.81. The molecular formula is C20H33ClN4O3. The maximum absolute atomic E-state index is 12.6. The van der Waals surface area contributed by atoms with Crippen LogP contribution in [0.2, 0.25) is 5.02 Å². The number of carbonyl (C=O) groups is 1. The van der Waals surface area contributed by atoms with Crippen LogP contribution < -0.4 is 10.1 Å². The summed E-state index contributed by atoms with van der Waals surface area (Å²) in [6.07, 6.45) is 2.35. The summed E-state index contributed by atoms with van der Waals surface area (Å²) < 4.78 is 10.7. The van der Waals surface area contributed by atoms with Gasteiger partial charge in [0.25, 0.3) is 0 Å². The van der Waals surface area contributed by atoms with Gasteiger partial charge in [0.15, 0.2) is 5.75 Å². The van der Waals surface area contributed by atoms with Crippen molar-refractivity contribution in [1.29, 1.82) is 0 Å². The summed E-state index contributed by atoms with van der Waals surface area (Å²) in [5.41, 5.74) is 0.559. The Labute approximate surface area is 173 Å². The Bertz CT molecular complexity index is 623. The Morgan fingerprint density at radius 1 is 1.25 bits per heavy atom. The van der Waals surface area contributed by atoms with Gasteiger partial charge in [-0.1, -0.05) is 17.7 Å². The highest BCUT2D eigenvalue weighted by Crippen LogP contribution is 2.33. The molecule has 7 nitrogen and oxygen atoms in total. The maximum atomic E-state index is 12.6. The van der Waals surface area contributed by atoms with Crippen LogP contribution in [-0.4, -0.2) is 94.4 Å². The fourth-order valence-corrected chi connectivity index (χ4v) is 3.45. The van der Waals surface area contributed by atoms with Crippen LogP contribution in [0.4, 0.5) is 10.5 Å². The number of para-hydroxylation sites is 1.